The Morgan fingerprint density at radius 3 is 2.45 bits per heavy atom. The highest BCUT2D eigenvalue weighted by atomic mass is 127. The molecule has 0 aromatic heterocycles. The van der Waals surface area contributed by atoms with Crippen molar-refractivity contribution in [3.05, 3.63) is 183 Å². The average molecular weight is 805 g/mol. The van der Waals surface area contributed by atoms with Crippen LogP contribution in [0.25, 0.3) is 27.5 Å². The van der Waals surface area contributed by atoms with Gasteiger partial charge in [0.05, 0.1) is 12.5 Å². The molecule has 264 valence electrons. The first-order chi connectivity index (χ1) is 25.9. The first-order valence-corrected chi connectivity index (χ1v) is 19.5. The van der Waals surface area contributed by atoms with E-state index in [9.17, 15) is 0 Å². The Morgan fingerprint density at radius 1 is 0.925 bits per heavy atom. The molecule has 2 N–H and O–H groups in total. The van der Waals surface area contributed by atoms with Gasteiger partial charge in [0.25, 0.3) is 0 Å². The molecule has 0 saturated carbocycles. The molecule has 3 aliphatic rings. The van der Waals surface area contributed by atoms with Crippen LogP contribution in [0.5, 0.6) is 0 Å². The largest absolute Gasteiger partial charge is 0.306 e. The zero-order chi connectivity index (χ0) is 37.0. The predicted molar refractivity (Wildman–Crippen MR) is 235 cm³/mol. The number of hydrogen-bond donors (Lipinski definition) is 1. The van der Waals surface area contributed by atoms with Crippen LogP contribution in [0, 0.1) is 18.3 Å². The minimum absolute atomic E-state index is 0.357. The van der Waals surface area contributed by atoms with Crippen LogP contribution in [0.3, 0.4) is 0 Å². The summed E-state index contributed by atoms with van der Waals surface area (Å²) in [5.41, 5.74) is 20.0. The lowest BCUT2D eigenvalue weighted by molar-refractivity contribution is 0.731. The summed E-state index contributed by atoms with van der Waals surface area (Å²) in [6.07, 6.45) is 30.0. The maximum absolute atomic E-state index is 8.94. The predicted octanol–water partition coefficient (Wildman–Crippen LogP) is 12.5. The van der Waals surface area contributed by atoms with E-state index in [2.05, 4.69) is 133 Å². The summed E-state index contributed by atoms with van der Waals surface area (Å²) >= 11 is 2.21. The van der Waals surface area contributed by atoms with Crippen LogP contribution in [0.15, 0.2) is 182 Å². The summed E-state index contributed by atoms with van der Waals surface area (Å²) in [5, 5.41) is 11.5. The summed E-state index contributed by atoms with van der Waals surface area (Å²) in [6.45, 7) is 6.10. The number of nitrogens with two attached hydrogens (primary N) is 1. The van der Waals surface area contributed by atoms with E-state index in [4.69, 9.17) is 21.0 Å². The Morgan fingerprint density at radius 2 is 1.70 bits per heavy atom. The van der Waals surface area contributed by atoms with E-state index in [1.54, 1.807) is 6.08 Å². The lowest BCUT2D eigenvalue weighted by atomic mass is 9.81. The Hall–Kier alpha value is -5.16. The molecule has 3 aromatic carbocycles. The summed E-state index contributed by atoms with van der Waals surface area (Å²) in [5.74, 6) is 0.552. The molecule has 0 heterocycles. The number of nitriles is 1. The van der Waals surface area contributed by atoms with Crippen molar-refractivity contribution in [2.75, 3.05) is 0 Å². The molecule has 1 unspecified atom stereocenters. The fraction of sp³-hybridized carbons (Fsp3) is 0.188. The van der Waals surface area contributed by atoms with E-state index in [0.717, 1.165) is 60.8 Å². The van der Waals surface area contributed by atoms with Gasteiger partial charge in [-0.2, -0.15) is 5.26 Å². The number of aliphatic imine (C=N–C) groups is 2. The van der Waals surface area contributed by atoms with Crippen molar-refractivity contribution in [3.8, 4) is 17.2 Å². The zero-order valence-corrected chi connectivity index (χ0v) is 32.5. The van der Waals surface area contributed by atoms with E-state index >= 15 is 0 Å². The minimum Gasteiger partial charge on any atom is -0.306 e. The molecule has 4 nitrogen and oxygen atoms in total. The first kappa shape index (κ1) is 37.6. The molecule has 3 aliphatic carbocycles. The molecule has 3 aromatic rings. The minimum atomic E-state index is -0.528. The van der Waals surface area contributed by atoms with Crippen molar-refractivity contribution in [2.45, 2.75) is 58.0 Å². The normalized spacial score (nSPS) is 17.6. The fourth-order valence-corrected chi connectivity index (χ4v) is 7.26. The molecule has 0 aliphatic heterocycles. The highest BCUT2D eigenvalue weighted by Gasteiger charge is 2.21. The average Bonchev–Trinajstić information content (AvgIpc) is 3.19. The lowest BCUT2D eigenvalue weighted by Gasteiger charge is -2.25. The summed E-state index contributed by atoms with van der Waals surface area (Å²) in [7, 11) is 0. The van der Waals surface area contributed by atoms with Gasteiger partial charge in [-0.05, 0) is 123 Å². The van der Waals surface area contributed by atoms with E-state index in [1.165, 1.54) is 49.7 Å². The van der Waals surface area contributed by atoms with E-state index in [-0.39, 0.29) is 0 Å². The van der Waals surface area contributed by atoms with Crippen LogP contribution in [0.2, 0.25) is 0 Å². The number of hydrogen-bond acceptors (Lipinski definition) is 3. The Bertz CT molecular complexity index is 2270. The molecule has 0 radical (unpaired) electrons. The van der Waals surface area contributed by atoms with Crippen LogP contribution in [0.1, 0.15) is 56.1 Å². The van der Waals surface area contributed by atoms with Gasteiger partial charge in [-0.1, -0.05) is 150 Å². The Balaban J connectivity index is 1.25. The molecule has 0 fully saturated rings. The number of allylic oxidation sites excluding steroid dienone is 15. The van der Waals surface area contributed by atoms with Gasteiger partial charge in [0.15, 0.2) is 5.84 Å². The van der Waals surface area contributed by atoms with Crippen LogP contribution in [-0.4, -0.2) is 18.2 Å². The van der Waals surface area contributed by atoms with Crippen molar-refractivity contribution >= 4 is 51.0 Å². The summed E-state index contributed by atoms with van der Waals surface area (Å²) < 4.78 is 1.97. The Kier molecular flexibility index (Phi) is 13.2. The highest BCUT2D eigenvalue weighted by Crippen LogP contribution is 2.38. The van der Waals surface area contributed by atoms with Crippen molar-refractivity contribution in [1.29, 1.82) is 5.26 Å². The topological polar surface area (TPSA) is 74.5 Å². The molecule has 1 atom stereocenters. The van der Waals surface area contributed by atoms with E-state index in [1.807, 2.05) is 40.7 Å². The van der Waals surface area contributed by atoms with E-state index < -0.39 is 6.17 Å². The number of rotatable bonds is 11. The maximum atomic E-state index is 8.94. The number of benzene rings is 3. The molecular weight excluding hydrogens is 759 g/mol. The van der Waals surface area contributed by atoms with Crippen LogP contribution < -0.4 is 5.73 Å². The van der Waals surface area contributed by atoms with Crippen molar-refractivity contribution in [3.63, 3.8) is 0 Å². The van der Waals surface area contributed by atoms with Crippen molar-refractivity contribution < 1.29 is 0 Å². The molecular formula is C48H45IN4. The molecule has 6 rings (SSSR count). The third-order valence-corrected chi connectivity index (χ3v) is 10.4. The smallest absolute Gasteiger partial charge is 0.156 e. The maximum Gasteiger partial charge on any atom is 0.156 e. The van der Waals surface area contributed by atoms with Gasteiger partial charge in [0.1, 0.15) is 6.17 Å². The quantitative estimate of drug-likeness (QED) is 0.0907. The van der Waals surface area contributed by atoms with Gasteiger partial charge in [0.2, 0.25) is 0 Å². The highest BCUT2D eigenvalue weighted by molar-refractivity contribution is 14.1. The number of nitrogens with zero attached hydrogens (tertiary/aromatic N) is 3. The number of amidine groups is 1. The number of fused-ring (bicyclic) bond motifs is 1. The lowest BCUT2D eigenvalue weighted by Crippen LogP contribution is -2.24. The second-order valence-corrected chi connectivity index (χ2v) is 14.1. The number of aryl methyl sites for hydroxylation is 1. The van der Waals surface area contributed by atoms with E-state index in [0.29, 0.717) is 12.3 Å². The van der Waals surface area contributed by atoms with Gasteiger partial charge < -0.3 is 5.73 Å². The molecule has 0 saturated heterocycles. The molecule has 0 amide bonds. The Labute approximate surface area is 328 Å². The zero-order valence-electron chi connectivity index (χ0n) is 30.3. The van der Waals surface area contributed by atoms with Crippen molar-refractivity contribution in [1.82, 2.24) is 0 Å². The molecule has 53 heavy (non-hydrogen) atoms. The first-order valence-electron chi connectivity index (χ1n) is 18.3. The summed E-state index contributed by atoms with van der Waals surface area (Å²) in [4.78, 5) is 9.91. The summed E-state index contributed by atoms with van der Waals surface area (Å²) in [6, 6.07) is 24.5. The third-order valence-electron chi connectivity index (χ3n) is 9.69. The number of halogens is 1. The monoisotopic (exact) mass is 804 g/mol. The van der Waals surface area contributed by atoms with Crippen LogP contribution in [0.4, 0.5) is 0 Å². The van der Waals surface area contributed by atoms with Crippen LogP contribution in [-0.2, 0) is 0 Å². The van der Waals surface area contributed by atoms with Crippen LogP contribution >= 0.6 is 22.6 Å². The van der Waals surface area contributed by atoms with Gasteiger partial charge in [-0.3, -0.25) is 0 Å². The second kappa shape index (κ2) is 18.6. The van der Waals surface area contributed by atoms with Gasteiger partial charge in [0, 0.05) is 11.8 Å². The standard InChI is InChI=1S/C48H45IN4/c1-3-10-37(17-16-35(32-49)12-7-8-26-50)48(52-33-36-13-5-4-6-14-36)53-47(51)46-25-24-44-30-43(22-23-45(44)31-46)42-21-20-40-28-39(18-19-41(40)29-42)38-15-9-11-34(2)27-38/h3,5,7,9-21,27-33,47H,1,4,6,8,22-25,51H2,2H3/b12-7-,17-16+,35-32+,37-10+,52-33?,53-48?. The molecule has 5 heteroatoms. The van der Waals surface area contributed by atoms with Gasteiger partial charge in [-0.25, -0.2) is 9.98 Å². The molecule has 0 spiro atoms. The fourth-order valence-electron chi connectivity index (χ4n) is 6.84. The molecule has 0 bridgehead atoms. The van der Waals surface area contributed by atoms with Gasteiger partial charge >= 0.3 is 0 Å². The third kappa shape index (κ3) is 10.0. The van der Waals surface area contributed by atoms with Crippen molar-refractivity contribution in [2.24, 2.45) is 15.7 Å². The second-order valence-electron chi connectivity index (χ2n) is 13.5. The SMILES string of the molecule is C=C\C=C(/C=C/C(/C=C\CC#N)=C/I)C(N=CC1=CCCC=C1)=NC(N)C1=CC2=C(C=C(c3ccc4cc(-c5cccc(C)c5)ccc4c3)CC2)CC1. The van der Waals surface area contributed by atoms with Gasteiger partial charge in [-0.15, -0.1) is 0 Å².